The molecule has 2 aromatic rings. The third-order valence-electron chi connectivity index (χ3n) is 2.38. The van der Waals surface area contributed by atoms with Crippen LogP contribution in [-0.2, 0) is 0 Å². The van der Waals surface area contributed by atoms with Crippen molar-refractivity contribution in [3.63, 3.8) is 0 Å². The average Bonchev–Trinajstić information content (AvgIpc) is 2.48. The molecular formula is C15H16N2O3. The van der Waals surface area contributed by atoms with Crippen LogP contribution in [0.4, 0.5) is 5.69 Å². The maximum Gasteiger partial charge on any atom is 0.269 e. The first kappa shape index (κ1) is 15.5. The fraction of sp³-hybridized carbons (Fsp3) is 0.133. The van der Waals surface area contributed by atoms with Crippen molar-refractivity contribution in [2.24, 2.45) is 5.73 Å². The predicted molar refractivity (Wildman–Crippen MR) is 77.7 cm³/mol. The Morgan fingerprint density at radius 1 is 1.05 bits per heavy atom. The van der Waals surface area contributed by atoms with Gasteiger partial charge < -0.3 is 5.73 Å². The second kappa shape index (κ2) is 7.81. The number of nitro groups is 1. The van der Waals surface area contributed by atoms with E-state index in [2.05, 4.69) is 0 Å². The first-order valence-corrected chi connectivity index (χ1v) is 6.14. The molecule has 2 rings (SSSR count). The highest BCUT2D eigenvalue weighted by Gasteiger charge is 2.10. The van der Waals surface area contributed by atoms with Gasteiger partial charge in [0.05, 0.1) is 4.92 Å². The summed E-state index contributed by atoms with van der Waals surface area (Å²) < 4.78 is 0. The lowest BCUT2D eigenvalue weighted by molar-refractivity contribution is -0.384. The Hall–Kier alpha value is -2.53. The van der Waals surface area contributed by atoms with Crippen LogP contribution in [-0.4, -0.2) is 17.3 Å². The standard InChI is InChI=1S/C13H9NO3.C2H7N/c15-13(10-4-2-1-3-5-10)11-6-8-12(9-7-11)14(16)17;1-2-3/h1-9H;2-3H2,1H3. The molecule has 0 fully saturated rings. The van der Waals surface area contributed by atoms with E-state index in [0.717, 1.165) is 6.54 Å². The molecule has 0 spiro atoms. The van der Waals surface area contributed by atoms with Crippen LogP contribution < -0.4 is 5.73 Å². The van der Waals surface area contributed by atoms with E-state index in [1.807, 2.05) is 13.0 Å². The van der Waals surface area contributed by atoms with Crippen LogP contribution >= 0.6 is 0 Å². The minimum absolute atomic E-state index is 0.0189. The molecule has 0 aliphatic rings. The summed E-state index contributed by atoms with van der Waals surface area (Å²) >= 11 is 0. The van der Waals surface area contributed by atoms with Crippen LogP contribution in [0.5, 0.6) is 0 Å². The van der Waals surface area contributed by atoms with Crippen molar-refractivity contribution in [2.45, 2.75) is 6.92 Å². The van der Waals surface area contributed by atoms with Crippen molar-refractivity contribution >= 4 is 11.5 Å². The van der Waals surface area contributed by atoms with Crippen LogP contribution in [0.2, 0.25) is 0 Å². The molecule has 0 aromatic heterocycles. The molecule has 5 nitrogen and oxygen atoms in total. The highest BCUT2D eigenvalue weighted by Crippen LogP contribution is 2.15. The van der Waals surface area contributed by atoms with Gasteiger partial charge in [-0.2, -0.15) is 0 Å². The zero-order valence-corrected chi connectivity index (χ0v) is 11.2. The first-order chi connectivity index (χ1) is 9.60. The van der Waals surface area contributed by atoms with Gasteiger partial charge in [-0.25, -0.2) is 0 Å². The zero-order valence-electron chi connectivity index (χ0n) is 11.2. The summed E-state index contributed by atoms with van der Waals surface area (Å²) in [6.45, 7) is 2.65. The number of carbonyl (C=O) groups excluding carboxylic acids is 1. The Labute approximate surface area is 117 Å². The summed E-state index contributed by atoms with van der Waals surface area (Å²) in [7, 11) is 0. The minimum atomic E-state index is -0.489. The van der Waals surface area contributed by atoms with Gasteiger partial charge in [-0.1, -0.05) is 37.3 Å². The molecule has 2 N–H and O–H groups in total. The van der Waals surface area contributed by atoms with E-state index in [9.17, 15) is 14.9 Å². The first-order valence-electron chi connectivity index (χ1n) is 6.14. The SMILES string of the molecule is CCN.O=C(c1ccccc1)c1ccc([N+](=O)[O-])cc1. The Kier molecular flexibility index (Phi) is 6.06. The van der Waals surface area contributed by atoms with E-state index < -0.39 is 4.92 Å². The number of nitro benzene ring substituents is 1. The third-order valence-corrected chi connectivity index (χ3v) is 2.38. The number of nitrogens with zero attached hydrogens (tertiary/aromatic N) is 1. The van der Waals surface area contributed by atoms with Gasteiger partial charge in [-0.15, -0.1) is 0 Å². The summed E-state index contributed by atoms with van der Waals surface area (Å²) in [6, 6.07) is 14.4. The van der Waals surface area contributed by atoms with Gasteiger partial charge in [-0.05, 0) is 18.7 Å². The molecule has 0 saturated carbocycles. The lowest BCUT2D eigenvalue weighted by atomic mass is 10.0. The highest BCUT2D eigenvalue weighted by molar-refractivity contribution is 6.09. The fourth-order valence-corrected chi connectivity index (χ4v) is 1.49. The lowest BCUT2D eigenvalue weighted by Crippen LogP contribution is -2.00. The van der Waals surface area contributed by atoms with E-state index in [4.69, 9.17) is 5.73 Å². The van der Waals surface area contributed by atoms with Gasteiger partial charge in [0.2, 0.25) is 0 Å². The molecule has 104 valence electrons. The van der Waals surface area contributed by atoms with Crippen LogP contribution in [0.25, 0.3) is 0 Å². The topological polar surface area (TPSA) is 86.2 Å². The van der Waals surface area contributed by atoms with Gasteiger partial charge in [0.15, 0.2) is 5.78 Å². The van der Waals surface area contributed by atoms with E-state index >= 15 is 0 Å². The largest absolute Gasteiger partial charge is 0.331 e. The Bertz CT molecular complexity index is 565. The molecule has 20 heavy (non-hydrogen) atoms. The number of rotatable bonds is 3. The Morgan fingerprint density at radius 3 is 1.95 bits per heavy atom. The molecule has 0 saturated heterocycles. The minimum Gasteiger partial charge on any atom is -0.331 e. The van der Waals surface area contributed by atoms with Gasteiger partial charge >= 0.3 is 0 Å². The maximum absolute atomic E-state index is 12.0. The number of carbonyl (C=O) groups is 1. The van der Waals surface area contributed by atoms with E-state index in [0.29, 0.717) is 11.1 Å². The summed E-state index contributed by atoms with van der Waals surface area (Å²) in [6.07, 6.45) is 0. The van der Waals surface area contributed by atoms with Crippen molar-refractivity contribution in [3.8, 4) is 0 Å². The second-order valence-electron chi connectivity index (χ2n) is 3.91. The molecule has 0 heterocycles. The van der Waals surface area contributed by atoms with E-state index in [1.54, 1.807) is 24.3 Å². The molecule has 0 unspecified atom stereocenters. The summed E-state index contributed by atoms with van der Waals surface area (Å²) in [5.41, 5.74) is 5.85. The van der Waals surface area contributed by atoms with Gasteiger partial charge in [-0.3, -0.25) is 14.9 Å². The van der Waals surface area contributed by atoms with Crippen LogP contribution in [0, 0.1) is 10.1 Å². The van der Waals surface area contributed by atoms with Crippen molar-refractivity contribution in [1.82, 2.24) is 0 Å². The van der Waals surface area contributed by atoms with Crippen LogP contribution in [0.3, 0.4) is 0 Å². The van der Waals surface area contributed by atoms with Crippen molar-refractivity contribution in [1.29, 1.82) is 0 Å². The van der Waals surface area contributed by atoms with Crippen molar-refractivity contribution in [2.75, 3.05) is 6.54 Å². The smallest absolute Gasteiger partial charge is 0.269 e. The van der Waals surface area contributed by atoms with E-state index in [1.165, 1.54) is 24.3 Å². The van der Waals surface area contributed by atoms with E-state index in [-0.39, 0.29) is 11.5 Å². The van der Waals surface area contributed by atoms with Gasteiger partial charge in [0.25, 0.3) is 5.69 Å². The molecule has 0 radical (unpaired) electrons. The molecule has 0 aliphatic heterocycles. The lowest BCUT2D eigenvalue weighted by Gasteiger charge is -2.00. The number of hydrogen-bond donors (Lipinski definition) is 1. The number of hydrogen-bond acceptors (Lipinski definition) is 4. The Morgan fingerprint density at radius 2 is 1.50 bits per heavy atom. The Balaban J connectivity index is 0.000000612. The quantitative estimate of drug-likeness (QED) is 0.528. The summed E-state index contributed by atoms with van der Waals surface area (Å²) in [5, 5.41) is 10.5. The molecule has 5 heteroatoms. The molecular weight excluding hydrogens is 256 g/mol. The number of non-ortho nitro benzene ring substituents is 1. The zero-order chi connectivity index (χ0) is 15.0. The normalized spacial score (nSPS) is 9.30. The van der Waals surface area contributed by atoms with Crippen molar-refractivity contribution in [3.05, 3.63) is 75.8 Å². The number of nitrogens with two attached hydrogens (primary N) is 1. The number of benzene rings is 2. The molecule has 0 aliphatic carbocycles. The highest BCUT2D eigenvalue weighted by atomic mass is 16.6. The number of ketones is 1. The van der Waals surface area contributed by atoms with Gasteiger partial charge in [0.1, 0.15) is 0 Å². The molecule has 0 bridgehead atoms. The van der Waals surface area contributed by atoms with Crippen LogP contribution in [0.15, 0.2) is 54.6 Å². The van der Waals surface area contributed by atoms with Crippen molar-refractivity contribution < 1.29 is 9.72 Å². The van der Waals surface area contributed by atoms with Gasteiger partial charge in [0, 0.05) is 23.3 Å². The third kappa shape index (κ3) is 4.29. The maximum atomic E-state index is 12.0. The molecule has 0 amide bonds. The monoisotopic (exact) mass is 272 g/mol. The average molecular weight is 272 g/mol. The second-order valence-corrected chi connectivity index (χ2v) is 3.91. The molecule has 0 atom stereocenters. The fourth-order valence-electron chi connectivity index (χ4n) is 1.49. The summed E-state index contributed by atoms with van der Waals surface area (Å²) in [4.78, 5) is 21.9. The van der Waals surface area contributed by atoms with Crippen LogP contribution in [0.1, 0.15) is 22.8 Å². The predicted octanol–water partition coefficient (Wildman–Crippen LogP) is 2.79. The molecule has 2 aromatic carbocycles. The summed E-state index contributed by atoms with van der Waals surface area (Å²) in [5.74, 6) is -0.138.